The molecule has 0 bridgehead atoms. The number of pyridine rings is 1. The Hall–Kier alpha value is -2.89. The van der Waals surface area contributed by atoms with Crippen molar-refractivity contribution in [3.63, 3.8) is 0 Å². The number of urea groups is 1. The molecule has 6 heteroatoms. The van der Waals surface area contributed by atoms with Gasteiger partial charge in [0, 0.05) is 25.2 Å². The number of carbonyl (C=O) groups is 1. The Morgan fingerprint density at radius 2 is 2.00 bits per heavy atom. The summed E-state index contributed by atoms with van der Waals surface area (Å²) in [6.45, 7) is 5.28. The van der Waals surface area contributed by atoms with Crippen molar-refractivity contribution in [3.8, 4) is 0 Å². The average molecular weight is 351 g/mol. The smallest absolute Gasteiger partial charge is 0.315 e. The topological polar surface area (TPSA) is 71.8 Å². The van der Waals surface area contributed by atoms with Crippen molar-refractivity contribution in [1.82, 2.24) is 25.2 Å². The summed E-state index contributed by atoms with van der Waals surface area (Å²) in [5.74, 6) is 0.923. The molecule has 0 saturated heterocycles. The number of amides is 2. The van der Waals surface area contributed by atoms with Gasteiger partial charge in [0.2, 0.25) is 0 Å². The molecular weight excluding hydrogens is 326 g/mol. The fourth-order valence-electron chi connectivity index (χ4n) is 2.79. The Morgan fingerprint density at radius 1 is 1.19 bits per heavy atom. The highest BCUT2D eigenvalue weighted by Gasteiger charge is 2.12. The first-order valence-corrected chi connectivity index (χ1v) is 9.05. The molecule has 0 saturated carbocycles. The van der Waals surface area contributed by atoms with Gasteiger partial charge in [0.05, 0.1) is 6.54 Å². The second kappa shape index (κ2) is 8.47. The molecule has 136 valence electrons. The van der Waals surface area contributed by atoms with E-state index in [9.17, 15) is 4.79 Å². The first kappa shape index (κ1) is 17.9. The van der Waals surface area contributed by atoms with Gasteiger partial charge in [0.1, 0.15) is 11.3 Å². The second-order valence-electron chi connectivity index (χ2n) is 6.41. The van der Waals surface area contributed by atoms with Gasteiger partial charge in [0.15, 0.2) is 5.65 Å². The minimum Gasteiger partial charge on any atom is -0.338 e. The highest BCUT2D eigenvalue weighted by Crippen LogP contribution is 2.16. The predicted molar refractivity (Wildman–Crippen MR) is 103 cm³/mol. The normalized spacial score (nSPS) is 12.1. The zero-order valence-electron chi connectivity index (χ0n) is 15.3. The van der Waals surface area contributed by atoms with Crippen molar-refractivity contribution in [2.45, 2.75) is 39.3 Å². The van der Waals surface area contributed by atoms with Crippen LogP contribution in [0.2, 0.25) is 0 Å². The minimum absolute atomic E-state index is 0.136. The van der Waals surface area contributed by atoms with Crippen molar-refractivity contribution < 1.29 is 4.79 Å². The summed E-state index contributed by atoms with van der Waals surface area (Å²) in [5, 5.41) is 5.82. The molecule has 2 aromatic heterocycles. The van der Waals surface area contributed by atoms with E-state index < -0.39 is 0 Å². The maximum Gasteiger partial charge on any atom is 0.315 e. The average Bonchev–Trinajstić information content (AvgIpc) is 3.00. The number of hydrogen-bond acceptors (Lipinski definition) is 3. The fraction of sp³-hybridized carbons (Fsp3) is 0.350. The third kappa shape index (κ3) is 4.39. The molecule has 0 radical (unpaired) electrons. The van der Waals surface area contributed by atoms with Gasteiger partial charge in [0.25, 0.3) is 0 Å². The maximum atomic E-state index is 11.9. The van der Waals surface area contributed by atoms with Gasteiger partial charge in [-0.3, -0.25) is 0 Å². The largest absolute Gasteiger partial charge is 0.338 e. The van der Waals surface area contributed by atoms with E-state index >= 15 is 0 Å². The maximum absolute atomic E-state index is 11.9. The van der Waals surface area contributed by atoms with Crippen LogP contribution in [0.5, 0.6) is 0 Å². The molecule has 6 nitrogen and oxygen atoms in total. The molecule has 1 unspecified atom stereocenters. The quantitative estimate of drug-likeness (QED) is 0.687. The summed E-state index contributed by atoms with van der Waals surface area (Å²) >= 11 is 0. The van der Waals surface area contributed by atoms with Crippen LogP contribution in [0.25, 0.3) is 11.2 Å². The molecule has 1 aromatic carbocycles. The Kier molecular flexibility index (Phi) is 5.84. The lowest BCUT2D eigenvalue weighted by molar-refractivity contribution is 0.237. The zero-order valence-corrected chi connectivity index (χ0v) is 15.3. The van der Waals surface area contributed by atoms with Crippen molar-refractivity contribution in [3.05, 3.63) is 60.0 Å². The van der Waals surface area contributed by atoms with Crippen LogP contribution in [0.15, 0.2) is 48.7 Å². The van der Waals surface area contributed by atoms with Gasteiger partial charge in [-0.2, -0.15) is 0 Å². The van der Waals surface area contributed by atoms with Gasteiger partial charge in [-0.15, -0.1) is 0 Å². The van der Waals surface area contributed by atoms with Gasteiger partial charge in [-0.25, -0.2) is 14.8 Å². The lowest BCUT2D eigenvalue weighted by Crippen LogP contribution is -2.41. The molecule has 1 atom stereocenters. The van der Waals surface area contributed by atoms with Crippen molar-refractivity contribution in [2.75, 3.05) is 6.54 Å². The van der Waals surface area contributed by atoms with Gasteiger partial charge >= 0.3 is 6.03 Å². The van der Waals surface area contributed by atoms with E-state index in [4.69, 9.17) is 4.98 Å². The van der Waals surface area contributed by atoms with E-state index in [1.54, 1.807) is 6.20 Å². The third-order valence-electron chi connectivity index (χ3n) is 4.39. The van der Waals surface area contributed by atoms with E-state index in [1.807, 2.05) is 44.2 Å². The molecule has 2 heterocycles. The standard InChI is InChI=1S/C20H25N5O/c1-3-15(2)23-20(26)22-13-11-18-24-17-10-7-12-21-19(17)25(18)14-16-8-5-4-6-9-16/h4-10,12,15H,3,11,13-14H2,1-2H3,(H2,22,23,26). The zero-order chi connectivity index (χ0) is 18.4. The second-order valence-corrected chi connectivity index (χ2v) is 6.41. The predicted octanol–water partition coefficient (Wildman–Crippen LogP) is 3.12. The fourth-order valence-corrected chi connectivity index (χ4v) is 2.79. The SMILES string of the molecule is CCC(C)NC(=O)NCCc1nc2cccnc2n1Cc1ccccc1. The van der Waals surface area contributed by atoms with E-state index in [-0.39, 0.29) is 12.1 Å². The highest BCUT2D eigenvalue weighted by atomic mass is 16.2. The Bertz CT molecular complexity index is 859. The van der Waals surface area contributed by atoms with Crippen LogP contribution in [-0.4, -0.2) is 33.2 Å². The van der Waals surface area contributed by atoms with Crippen LogP contribution in [-0.2, 0) is 13.0 Å². The molecular formula is C20H25N5O. The molecule has 0 aliphatic heterocycles. The van der Waals surface area contributed by atoms with Crippen molar-refractivity contribution in [1.29, 1.82) is 0 Å². The monoisotopic (exact) mass is 351 g/mol. The molecule has 0 fully saturated rings. The molecule has 2 N–H and O–H groups in total. The number of aromatic nitrogens is 3. The Morgan fingerprint density at radius 3 is 2.77 bits per heavy atom. The Balaban J connectivity index is 1.73. The van der Waals surface area contributed by atoms with E-state index in [2.05, 4.69) is 32.3 Å². The summed E-state index contributed by atoms with van der Waals surface area (Å²) < 4.78 is 2.12. The lowest BCUT2D eigenvalue weighted by atomic mass is 10.2. The van der Waals surface area contributed by atoms with E-state index in [0.29, 0.717) is 19.5 Å². The Labute approximate surface area is 153 Å². The number of nitrogens with one attached hydrogen (secondary N) is 2. The number of nitrogens with zero attached hydrogens (tertiary/aromatic N) is 3. The molecule has 26 heavy (non-hydrogen) atoms. The number of hydrogen-bond donors (Lipinski definition) is 2. The van der Waals surface area contributed by atoms with Crippen LogP contribution < -0.4 is 10.6 Å². The summed E-state index contributed by atoms with van der Waals surface area (Å²) in [6.07, 6.45) is 3.34. The lowest BCUT2D eigenvalue weighted by Gasteiger charge is -2.13. The summed E-state index contributed by atoms with van der Waals surface area (Å²) in [7, 11) is 0. The number of carbonyl (C=O) groups excluding carboxylic acids is 1. The first-order valence-electron chi connectivity index (χ1n) is 9.05. The van der Waals surface area contributed by atoms with E-state index in [0.717, 1.165) is 23.4 Å². The first-order chi connectivity index (χ1) is 12.7. The molecule has 2 amide bonds. The molecule has 0 aliphatic carbocycles. The number of imidazole rings is 1. The third-order valence-corrected chi connectivity index (χ3v) is 4.39. The van der Waals surface area contributed by atoms with Crippen LogP contribution in [0.3, 0.4) is 0 Å². The number of fused-ring (bicyclic) bond motifs is 1. The van der Waals surface area contributed by atoms with Crippen LogP contribution in [0.1, 0.15) is 31.7 Å². The molecule has 3 aromatic rings. The van der Waals surface area contributed by atoms with Gasteiger partial charge in [-0.1, -0.05) is 37.3 Å². The van der Waals surface area contributed by atoms with Crippen LogP contribution >= 0.6 is 0 Å². The summed E-state index contributed by atoms with van der Waals surface area (Å²) in [4.78, 5) is 21.1. The van der Waals surface area contributed by atoms with Crippen molar-refractivity contribution >= 4 is 17.2 Å². The number of benzene rings is 1. The highest BCUT2D eigenvalue weighted by molar-refractivity contribution is 5.74. The van der Waals surface area contributed by atoms with Crippen LogP contribution in [0, 0.1) is 0 Å². The number of rotatable bonds is 7. The van der Waals surface area contributed by atoms with Gasteiger partial charge in [-0.05, 0) is 31.0 Å². The van der Waals surface area contributed by atoms with E-state index in [1.165, 1.54) is 5.56 Å². The van der Waals surface area contributed by atoms with Crippen molar-refractivity contribution in [2.24, 2.45) is 0 Å². The van der Waals surface area contributed by atoms with Crippen LogP contribution in [0.4, 0.5) is 4.79 Å². The summed E-state index contributed by atoms with van der Waals surface area (Å²) in [5.41, 5.74) is 2.94. The molecule has 0 spiro atoms. The molecule has 3 rings (SSSR count). The van der Waals surface area contributed by atoms with Gasteiger partial charge < -0.3 is 15.2 Å². The summed E-state index contributed by atoms with van der Waals surface area (Å²) in [6, 6.07) is 14.1. The minimum atomic E-state index is -0.136. The molecule has 0 aliphatic rings.